The Morgan fingerprint density at radius 1 is 1.35 bits per heavy atom. The first-order valence-electron chi connectivity index (χ1n) is 6.53. The third-order valence-electron chi connectivity index (χ3n) is 3.21. The van der Waals surface area contributed by atoms with Crippen LogP contribution in [-0.4, -0.2) is 55.0 Å². The van der Waals surface area contributed by atoms with Crippen molar-refractivity contribution in [3.63, 3.8) is 0 Å². The topological polar surface area (TPSA) is 44.9 Å². The van der Waals surface area contributed by atoms with Gasteiger partial charge in [0, 0.05) is 13.6 Å². The number of guanidine groups is 1. The molecular formula is C13H28N4. The molecule has 1 heterocycles. The lowest BCUT2D eigenvalue weighted by Gasteiger charge is -2.32. The highest BCUT2D eigenvalue weighted by atomic mass is 15.2. The Hall–Kier alpha value is -0.770. The molecule has 0 radical (unpaired) electrons. The molecule has 17 heavy (non-hydrogen) atoms. The van der Waals surface area contributed by atoms with Crippen LogP contribution in [0.15, 0.2) is 4.99 Å². The third kappa shape index (κ3) is 5.39. The average molecular weight is 240 g/mol. The smallest absolute Gasteiger partial charge is 0.191 e. The van der Waals surface area contributed by atoms with E-state index in [1.165, 1.54) is 25.9 Å². The lowest BCUT2D eigenvalue weighted by atomic mass is 9.97. The van der Waals surface area contributed by atoms with Gasteiger partial charge in [-0.25, -0.2) is 4.99 Å². The molecule has 1 fully saturated rings. The van der Waals surface area contributed by atoms with Crippen LogP contribution in [0.1, 0.15) is 33.6 Å². The van der Waals surface area contributed by atoms with Crippen LogP contribution in [0.2, 0.25) is 0 Å². The first kappa shape index (κ1) is 14.3. The van der Waals surface area contributed by atoms with E-state index in [2.05, 4.69) is 42.6 Å². The van der Waals surface area contributed by atoms with Gasteiger partial charge >= 0.3 is 0 Å². The standard InChI is InChI=1S/C13H28N4/c1-13(2,3)15-12(14)17(5)10-11-6-8-16(4)9-7-11/h11H,6-10H2,1-5H3,(H2,14,15). The van der Waals surface area contributed by atoms with E-state index in [4.69, 9.17) is 5.73 Å². The van der Waals surface area contributed by atoms with Crippen LogP contribution >= 0.6 is 0 Å². The normalized spacial score (nSPS) is 20.6. The molecule has 0 atom stereocenters. The Kier molecular flexibility index (Phi) is 4.80. The fourth-order valence-electron chi connectivity index (χ4n) is 2.15. The summed E-state index contributed by atoms with van der Waals surface area (Å²) in [5.74, 6) is 1.42. The predicted molar refractivity (Wildman–Crippen MR) is 74.2 cm³/mol. The molecule has 100 valence electrons. The van der Waals surface area contributed by atoms with Crippen molar-refractivity contribution in [1.82, 2.24) is 9.80 Å². The van der Waals surface area contributed by atoms with Gasteiger partial charge in [0.15, 0.2) is 5.96 Å². The van der Waals surface area contributed by atoms with Gasteiger partial charge in [-0.05, 0) is 59.7 Å². The molecule has 4 nitrogen and oxygen atoms in total. The molecule has 0 amide bonds. The Bertz CT molecular complexity index is 259. The SMILES string of the molecule is CN1CCC(CN(C)C(N)=NC(C)(C)C)CC1. The quantitative estimate of drug-likeness (QED) is 0.586. The Labute approximate surface area is 106 Å². The van der Waals surface area contributed by atoms with Crippen molar-refractivity contribution in [1.29, 1.82) is 0 Å². The minimum absolute atomic E-state index is 0.0921. The monoisotopic (exact) mass is 240 g/mol. The van der Waals surface area contributed by atoms with Gasteiger partial charge in [0.2, 0.25) is 0 Å². The third-order valence-corrected chi connectivity index (χ3v) is 3.21. The van der Waals surface area contributed by atoms with E-state index in [-0.39, 0.29) is 5.54 Å². The molecule has 0 spiro atoms. The Morgan fingerprint density at radius 2 is 1.88 bits per heavy atom. The summed E-state index contributed by atoms with van der Waals surface area (Å²) >= 11 is 0. The van der Waals surface area contributed by atoms with Gasteiger partial charge in [-0.15, -0.1) is 0 Å². The zero-order valence-corrected chi connectivity index (χ0v) is 12.0. The summed E-state index contributed by atoms with van der Waals surface area (Å²) < 4.78 is 0. The second kappa shape index (κ2) is 5.71. The number of rotatable bonds is 2. The largest absolute Gasteiger partial charge is 0.370 e. The molecule has 1 rings (SSSR count). The lowest BCUT2D eigenvalue weighted by molar-refractivity contribution is 0.199. The Morgan fingerprint density at radius 3 is 2.35 bits per heavy atom. The molecule has 1 saturated heterocycles. The number of hydrogen-bond acceptors (Lipinski definition) is 2. The number of piperidine rings is 1. The van der Waals surface area contributed by atoms with Crippen molar-refractivity contribution in [2.24, 2.45) is 16.6 Å². The predicted octanol–water partition coefficient (Wildman–Crippen LogP) is 1.37. The molecule has 0 bridgehead atoms. The first-order valence-corrected chi connectivity index (χ1v) is 6.53. The van der Waals surface area contributed by atoms with Crippen molar-refractivity contribution in [2.45, 2.75) is 39.2 Å². The average Bonchev–Trinajstić information content (AvgIpc) is 2.19. The van der Waals surface area contributed by atoms with E-state index in [0.717, 1.165) is 12.5 Å². The zero-order chi connectivity index (χ0) is 13.1. The maximum absolute atomic E-state index is 6.01. The van der Waals surface area contributed by atoms with Crippen LogP contribution < -0.4 is 5.73 Å². The number of hydrogen-bond donors (Lipinski definition) is 1. The molecule has 0 aromatic carbocycles. The fourth-order valence-corrected chi connectivity index (χ4v) is 2.15. The van der Waals surface area contributed by atoms with Crippen molar-refractivity contribution in [2.75, 3.05) is 33.7 Å². The van der Waals surface area contributed by atoms with E-state index >= 15 is 0 Å². The molecule has 2 N–H and O–H groups in total. The molecule has 0 unspecified atom stereocenters. The molecule has 0 aromatic heterocycles. The summed E-state index contributed by atoms with van der Waals surface area (Å²) in [6, 6.07) is 0. The van der Waals surface area contributed by atoms with Gasteiger partial charge < -0.3 is 15.5 Å². The van der Waals surface area contributed by atoms with Crippen LogP contribution in [-0.2, 0) is 0 Å². The van der Waals surface area contributed by atoms with Crippen molar-refractivity contribution < 1.29 is 0 Å². The molecular weight excluding hydrogens is 212 g/mol. The van der Waals surface area contributed by atoms with Crippen LogP contribution in [0.3, 0.4) is 0 Å². The molecule has 4 heteroatoms. The number of aliphatic imine (C=N–C) groups is 1. The summed E-state index contributed by atoms with van der Waals surface area (Å²) in [6.07, 6.45) is 2.53. The summed E-state index contributed by atoms with van der Waals surface area (Å²) in [5.41, 5.74) is 5.92. The number of nitrogens with zero attached hydrogens (tertiary/aromatic N) is 3. The summed E-state index contributed by atoms with van der Waals surface area (Å²) in [5, 5.41) is 0. The second-order valence-corrected chi connectivity index (χ2v) is 6.27. The summed E-state index contributed by atoms with van der Waals surface area (Å²) in [7, 11) is 4.23. The van der Waals surface area contributed by atoms with Crippen LogP contribution in [0.25, 0.3) is 0 Å². The van der Waals surface area contributed by atoms with E-state index < -0.39 is 0 Å². The fraction of sp³-hybridized carbons (Fsp3) is 0.923. The highest BCUT2D eigenvalue weighted by molar-refractivity contribution is 5.78. The maximum atomic E-state index is 6.01. The molecule has 0 aromatic rings. The van der Waals surface area contributed by atoms with Crippen LogP contribution in [0.5, 0.6) is 0 Å². The van der Waals surface area contributed by atoms with Crippen LogP contribution in [0, 0.1) is 5.92 Å². The van der Waals surface area contributed by atoms with Gasteiger partial charge in [-0.3, -0.25) is 0 Å². The van der Waals surface area contributed by atoms with Crippen molar-refractivity contribution in [3.05, 3.63) is 0 Å². The highest BCUT2D eigenvalue weighted by Gasteiger charge is 2.19. The first-order chi connectivity index (χ1) is 7.78. The molecule has 1 aliphatic heterocycles. The second-order valence-electron chi connectivity index (χ2n) is 6.27. The highest BCUT2D eigenvalue weighted by Crippen LogP contribution is 2.17. The number of likely N-dealkylation sites (tertiary alicyclic amines) is 1. The van der Waals surface area contributed by atoms with Gasteiger partial charge in [-0.1, -0.05) is 0 Å². The van der Waals surface area contributed by atoms with E-state index in [0.29, 0.717) is 5.96 Å². The van der Waals surface area contributed by atoms with Crippen molar-refractivity contribution in [3.8, 4) is 0 Å². The molecule has 0 saturated carbocycles. The van der Waals surface area contributed by atoms with Gasteiger partial charge in [0.05, 0.1) is 5.54 Å². The van der Waals surface area contributed by atoms with Gasteiger partial charge in [-0.2, -0.15) is 0 Å². The molecule has 0 aliphatic carbocycles. The minimum atomic E-state index is -0.0921. The van der Waals surface area contributed by atoms with E-state index in [1.807, 2.05) is 7.05 Å². The Balaban J connectivity index is 2.43. The minimum Gasteiger partial charge on any atom is -0.370 e. The van der Waals surface area contributed by atoms with E-state index in [9.17, 15) is 0 Å². The lowest BCUT2D eigenvalue weighted by Crippen LogP contribution is -2.42. The molecule has 1 aliphatic rings. The summed E-state index contributed by atoms with van der Waals surface area (Å²) in [4.78, 5) is 8.99. The van der Waals surface area contributed by atoms with Gasteiger partial charge in [0.1, 0.15) is 0 Å². The van der Waals surface area contributed by atoms with Crippen LogP contribution in [0.4, 0.5) is 0 Å². The number of nitrogens with two attached hydrogens (primary N) is 1. The zero-order valence-electron chi connectivity index (χ0n) is 12.0. The van der Waals surface area contributed by atoms with Gasteiger partial charge in [0.25, 0.3) is 0 Å². The van der Waals surface area contributed by atoms with E-state index in [1.54, 1.807) is 0 Å². The maximum Gasteiger partial charge on any atom is 0.191 e. The van der Waals surface area contributed by atoms with Crippen molar-refractivity contribution >= 4 is 5.96 Å². The summed E-state index contributed by atoms with van der Waals surface area (Å²) in [6.45, 7) is 9.65.